The highest BCUT2D eigenvalue weighted by Crippen LogP contribution is 2.28. The standard InChI is InChI=1S/C18H23N3O6/c1-18(2,3)27-17(25)19-9-8-16(24)26-11-15(23)21-10-14(22)20-12-6-4-5-7-13(12)21/h4-7H,8-11H2,1-3H3,(H,19,25)(H,20,22). The minimum Gasteiger partial charge on any atom is -0.455 e. The first-order valence-electron chi connectivity index (χ1n) is 8.47. The van der Waals surface area contributed by atoms with Crippen LogP contribution in [-0.2, 0) is 23.9 Å². The molecule has 0 radical (unpaired) electrons. The van der Waals surface area contributed by atoms with Crippen LogP contribution in [0.4, 0.5) is 16.2 Å². The summed E-state index contributed by atoms with van der Waals surface area (Å²) in [6.07, 6.45) is -0.744. The number of ether oxygens (including phenoxy) is 2. The van der Waals surface area contributed by atoms with Crippen LogP contribution < -0.4 is 15.5 Å². The molecule has 0 atom stereocenters. The lowest BCUT2D eigenvalue weighted by Gasteiger charge is -2.28. The minimum absolute atomic E-state index is 0.0247. The van der Waals surface area contributed by atoms with Crippen LogP contribution in [0.5, 0.6) is 0 Å². The molecule has 1 aromatic rings. The van der Waals surface area contributed by atoms with E-state index in [1.165, 1.54) is 4.90 Å². The second-order valence-corrected chi connectivity index (χ2v) is 6.88. The summed E-state index contributed by atoms with van der Waals surface area (Å²) in [4.78, 5) is 48.5. The number of fused-ring (bicyclic) bond motifs is 1. The van der Waals surface area contributed by atoms with Crippen LogP contribution in [0.1, 0.15) is 27.2 Å². The number of hydrogen-bond acceptors (Lipinski definition) is 6. The lowest BCUT2D eigenvalue weighted by molar-refractivity contribution is -0.147. The van der Waals surface area contributed by atoms with Gasteiger partial charge in [-0.3, -0.25) is 19.3 Å². The summed E-state index contributed by atoms with van der Waals surface area (Å²) >= 11 is 0. The molecule has 0 aromatic heterocycles. The molecule has 1 aliphatic heterocycles. The fraction of sp³-hybridized carbons (Fsp3) is 0.444. The molecule has 1 aromatic carbocycles. The van der Waals surface area contributed by atoms with Gasteiger partial charge in [0.2, 0.25) is 5.91 Å². The van der Waals surface area contributed by atoms with Crippen molar-refractivity contribution in [3.05, 3.63) is 24.3 Å². The number of nitrogens with one attached hydrogen (secondary N) is 2. The topological polar surface area (TPSA) is 114 Å². The van der Waals surface area contributed by atoms with Gasteiger partial charge in [-0.05, 0) is 32.9 Å². The number of amides is 3. The summed E-state index contributed by atoms with van der Waals surface area (Å²) in [5, 5.41) is 5.10. The molecule has 2 rings (SSSR count). The SMILES string of the molecule is CC(C)(C)OC(=O)NCCC(=O)OCC(=O)N1CC(=O)Nc2ccccc21. The number of anilines is 2. The summed E-state index contributed by atoms with van der Waals surface area (Å²) in [6, 6.07) is 6.86. The van der Waals surface area contributed by atoms with Gasteiger partial charge in [0.15, 0.2) is 6.61 Å². The average Bonchev–Trinajstić information content (AvgIpc) is 2.57. The number of benzene rings is 1. The van der Waals surface area contributed by atoms with Gasteiger partial charge in [0.1, 0.15) is 12.1 Å². The Balaban J connectivity index is 1.78. The molecule has 1 heterocycles. The van der Waals surface area contributed by atoms with Gasteiger partial charge in [-0.1, -0.05) is 12.1 Å². The third-order valence-electron chi connectivity index (χ3n) is 3.43. The number of carbonyl (C=O) groups excluding carboxylic acids is 4. The number of carbonyl (C=O) groups is 4. The zero-order chi connectivity index (χ0) is 20.0. The molecule has 1 aliphatic rings. The molecule has 27 heavy (non-hydrogen) atoms. The van der Waals surface area contributed by atoms with E-state index in [0.717, 1.165) is 0 Å². The van der Waals surface area contributed by atoms with Crippen molar-refractivity contribution in [2.45, 2.75) is 32.8 Å². The Bertz CT molecular complexity index is 741. The third kappa shape index (κ3) is 6.28. The summed E-state index contributed by atoms with van der Waals surface area (Å²) in [5.41, 5.74) is 0.438. The van der Waals surface area contributed by atoms with E-state index in [1.54, 1.807) is 45.0 Å². The van der Waals surface area contributed by atoms with Crippen LogP contribution in [0.2, 0.25) is 0 Å². The number of rotatable bonds is 5. The van der Waals surface area contributed by atoms with Crippen LogP contribution in [0.25, 0.3) is 0 Å². The molecule has 0 unspecified atom stereocenters. The summed E-state index contributed by atoms with van der Waals surface area (Å²) in [6.45, 7) is 4.57. The normalized spacial score (nSPS) is 13.3. The number of esters is 1. The maximum Gasteiger partial charge on any atom is 0.407 e. The Hall–Kier alpha value is -3.10. The zero-order valence-electron chi connectivity index (χ0n) is 15.5. The van der Waals surface area contributed by atoms with Gasteiger partial charge in [-0.2, -0.15) is 0 Å². The molecule has 2 N–H and O–H groups in total. The van der Waals surface area contributed by atoms with Crippen molar-refractivity contribution >= 4 is 35.3 Å². The Labute approximate surface area is 157 Å². The molecule has 0 bridgehead atoms. The molecule has 0 fully saturated rings. The van der Waals surface area contributed by atoms with Crippen molar-refractivity contribution in [3.63, 3.8) is 0 Å². The van der Waals surface area contributed by atoms with E-state index in [4.69, 9.17) is 9.47 Å². The van der Waals surface area contributed by atoms with Crippen LogP contribution >= 0.6 is 0 Å². The lowest BCUT2D eigenvalue weighted by Crippen LogP contribution is -2.44. The lowest BCUT2D eigenvalue weighted by atomic mass is 10.2. The van der Waals surface area contributed by atoms with E-state index in [-0.39, 0.29) is 25.4 Å². The summed E-state index contributed by atoms with van der Waals surface area (Å²) in [7, 11) is 0. The fourth-order valence-corrected chi connectivity index (χ4v) is 2.33. The molecule has 0 aliphatic carbocycles. The predicted octanol–water partition coefficient (Wildman–Crippen LogP) is 1.43. The predicted molar refractivity (Wildman–Crippen MR) is 97.2 cm³/mol. The molecule has 0 spiro atoms. The number of hydrogen-bond donors (Lipinski definition) is 2. The van der Waals surface area contributed by atoms with Crippen LogP contribution in [0.3, 0.4) is 0 Å². The van der Waals surface area contributed by atoms with E-state index in [9.17, 15) is 19.2 Å². The van der Waals surface area contributed by atoms with Gasteiger partial charge < -0.3 is 20.1 Å². The molecule has 0 saturated heterocycles. The monoisotopic (exact) mass is 377 g/mol. The van der Waals surface area contributed by atoms with E-state index < -0.39 is 30.2 Å². The Morgan fingerprint density at radius 1 is 1.22 bits per heavy atom. The van der Waals surface area contributed by atoms with Crippen molar-refractivity contribution < 1.29 is 28.7 Å². The molecular weight excluding hydrogens is 354 g/mol. The van der Waals surface area contributed by atoms with Crippen molar-refractivity contribution in [3.8, 4) is 0 Å². The first kappa shape index (κ1) is 20.2. The highest BCUT2D eigenvalue weighted by molar-refractivity contribution is 6.10. The van der Waals surface area contributed by atoms with Gasteiger partial charge in [0.05, 0.1) is 17.8 Å². The summed E-state index contributed by atoms with van der Waals surface area (Å²) in [5.74, 6) is -1.48. The van der Waals surface area contributed by atoms with Crippen LogP contribution in [0, 0.1) is 0 Å². The molecular formula is C18H23N3O6. The second-order valence-electron chi connectivity index (χ2n) is 6.88. The van der Waals surface area contributed by atoms with Gasteiger partial charge in [0.25, 0.3) is 5.91 Å². The van der Waals surface area contributed by atoms with E-state index in [0.29, 0.717) is 11.4 Å². The Kier molecular flexibility index (Phi) is 6.38. The van der Waals surface area contributed by atoms with Gasteiger partial charge in [-0.15, -0.1) is 0 Å². The number of alkyl carbamates (subject to hydrolysis) is 1. The van der Waals surface area contributed by atoms with Crippen molar-refractivity contribution in [2.24, 2.45) is 0 Å². The average molecular weight is 377 g/mol. The zero-order valence-corrected chi connectivity index (χ0v) is 15.5. The largest absolute Gasteiger partial charge is 0.455 e. The Morgan fingerprint density at radius 3 is 2.63 bits per heavy atom. The second kappa shape index (κ2) is 8.52. The third-order valence-corrected chi connectivity index (χ3v) is 3.43. The molecule has 9 heteroatoms. The molecule has 0 saturated carbocycles. The minimum atomic E-state index is -0.644. The first-order valence-corrected chi connectivity index (χ1v) is 8.47. The van der Waals surface area contributed by atoms with Crippen LogP contribution in [0.15, 0.2) is 24.3 Å². The maximum atomic E-state index is 12.3. The van der Waals surface area contributed by atoms with Gasteiger partial charge in [0, 0.05) is 6.54 Å². The van der Waals surface area contributed by atoms with Crippen molar-refractivity contribution in [1.82, 2.24) is 5.32 Å². The molecule has 9 nitrogen and oxygen atoms in total. The molecule has 146 valence electrons. The Morgan fingerprint density at radius 2 is 1.93 bits per heavy atom. The van der Waals surface area contributed by atoms with E-state index in [2.05, 4.69) is 10.6 Å². The first-order chi connectivity index (χ1) is 12.7. The van der Waals surface area contributed by atoms with E-state index in [1.807, 2.05) is 0 Å². The van der Waals surface area contributed by atoms with E-state index >= 15 is 0 Å². The van der Waals surface area contributed by atoms with Gasteiger partial charge in [-0.25, -0.2) is 4.79 Å². The van der Waals surface area contributed by atoms with Crippen molar-refractivity contribution in [2.75, 3.05) is 29.9 Å². The number of nitrogens with zero attached hydrogens (tertiary/aromatic N) is 1. The quantitative estimate of drug-likeness (QED) is 0.751. The van der Waals surface area contributed by atoms with Crippen LogP contribution in [-0.4, -0.2) is 49.2 Å². The summed E-state index contributed by atoms with van der Waals surface area (Å²) < 4.78 is 9.98. The fourth-order valence-electron chi connectivity index (χ4n) is 2.33. The maximum absolute atomic E-state index is 12.3. The van der Waals surface area contributed by atoms with Crippen molar-refractivity contribution in [1.29, 1.82) is 0 Å². The highest BCUT2D eigenvalue weighted by Gasteiger charge is 2.27. The smallest absolute Gasteiger partial charge is 0.407 e. The van der Waals surface area contributed by atoms with Gasteiger partial charge >= 0.3 is 12.1 Å². The number of para-hydroxylation sites is 2. The highest BCUT2D eigenvalue weighted by atomic mass is 16.6. The molecule has 3 amide bonds.